The summed E-state index contributed by atoms with van der Waals surface area (Å²) in [5.41, 5.74) is 2.71. The second-order valence-corrected chi connectivity index (χ2v) is 8.98. The average molecular weight is 477 g/mol. The highest BCUT2D eigenvalue weighted by Crippen LogP contribution is 2.36. The molecule has 1 unspecified atom stereocenters. The lowest BCUT2D eigenvalue weighted by molar-refractivity contribution is -0.131. The largest absolute Gasteiger partial charge is 0.493 e. The summed E-state index contributed by atoms with van der Waals surface area (Å²) in [6, 6.07) is 11.3. The maximum Gasteiger partial charge on any atom is 0.229 e. The van der Waals surface area contributed by atoms with Crippen molar-refractivity contribution in [3.63, 3.8) is 0 Å². The summed E-state index contributed by atoms with van der Waals surface area (Å²) >= 11 is 13.7. The molecule has 8 heteroatoms. The Kier molecular flexibility index (Phi) is 6.70. The number of benzene rings is 2. The molecule has 3 aromatic rings. The number of amides is 1. The predicted octanol–water partition coefficient (Wildman–Crippen LogP) is 6.04. The van der Waals surface area contributed by atoms with Gasteiger partial charge in [-0.25, -0.2) is 4.98 Å². The zero-order valence-electron chi connectivity index (χ0n) is 17.2. The van der Waals surface area contributed by atoms with E-state index in [0.29, 0.717) is 21.5 Å². The Bertz CT molecular complexity index is 1100. The van der Waals surface area contributed by atoms with E-state index >= 15 is 0 Å². The zero-order chi connectivity index (χ0) is 22.0. The van der Waals surface area contributed by atoms with Crippen molar-refractivity contribution in [1.82, 2.24) is 9.88 Å². The second-order valence-electron chi connectivity index (χ2n) is 7.31. The van der Waals surface area contributed by atoms with Crippen LogP contribution in [0.3, 0.4) is 0 Å². The Morgan fingerprint density at radius 3 is 2.68 bits per heavy atom. The number of carbonyl (C=O) groups excluding carboxylic acids is 1. The molecule has 1 aromatic heterocycles. The second kappa shape index (κ2) is 9.47. The lowest BCUT2D eigenvalue weighted by Gasteiger charge is -2.25. The van der Waals surface area contributed by atoms with Crippen molar-refractivity contribution in [3.8, 4) is 22.1 Å². The lowest BCUT2D eigenvalue weighted by Crippen LogP contribution is -2.31. The van der Waals surface area contributed by atoms with Gasteiger partial charge in [0.25, 0.3) is 0 Å². The monoisotopic (exact) mass is 476 g/mol. The van der Waals surface area contributed by atoms with E-state index in [1.54, 1.807) is 20.3 Å². The summed E-state index contributed by atoms with van der Waals surface area (Å²) < 4.78 is 10.7. The molecule has 0 N–H and O–H groups in total. The highest BCUT2D eigenvalue weighted by atomic mass is 35.5. The standard InChI is InChI=1S/C23H22Cl2N2O3S/c1-29-20-8-6-15(11-21(20)30-2)23-26-16(13-31-23)12-22(28)27-9-3-4-19(27)14-5-7-17(24)18(25)10-14/h5-8,10-11,13,19H,3-4,9,12H2,1-2H3. The molecule has 0 spiro atoms. The smallest absolute Gasteiger partial charge is 0.229 e. The summed E-state index contributed by atoms with van der Waals surface area (Å²) in [5.74, 6) is 1.38. The molecule has 162 valence electrons. The number of thiazole rings is 1. The number of aromatic nitrogens is 1. The van der Waals surface area contributed by atoms with Crippen molar-refractivity contribution in [2.75, 3.05) is 20.8 Å². The van der Waals surface area contributed by atoms with E-state index in [4.69, 9.17) is 32.7 Å². The number of likely N-dealkylation sites (tertiary alicyclic amines) is 1. The van der Waals surface area contributed by atoms with Crippen LogP contribution in [-0.2, 0) is 11.2 Å². The first-order valence-electron chi connectivity index (χ1n) is 9.91. The SMILES string of the molecule is COc1ccc(-c2nc(CC(=O)N3CCCC3c3ccc(Cl)c(Cl)c3)cs2)cc1OC. The minimum absolute atomic E-state index is 0.0197. The third kappa shape index (κ3) is 4.66. The van der Waals surface area contributed by atoms with Gasteiger partial charge in [0.15, 0.2) is 11.5 Å². The van der Waals surface area contributed by atoms with Gasteiger partial charge in [-0.05, 0) is 48.7 Å². The average Bonchev–Trinajstić information content (AvgIpc) is 3.45. The molecule has 1 fully saturated rings. The maximum atomic E-state index is 13.1. The first-order chi connectivity index (χ1) is 15.0. The van der Waals surface area contributed by atoms with Crippen molar-refractivity contribution in [1.29, 1.82) is 0 Å². The topological polar surface area (TPSA) is 51.7 Å². The van der Waals surface area contributed by atoms with Gasteiger partial charge in [-0.3, -0.25) is 4.79 Å². The van der Waals surface area contributed by atoms with Crippen LogP contribution in [-0.4, -0.2) is 36.6 Å². The van der Waals surface area contributed by atoms with E-state index in [2.05, 4.69) is 4.98 Å². The zero-order valence-corrected chi connectivity index (χ0v) is 19.6. The molecule has 2 heterocycles. The van der Waals surface area contributed by atoms with Gasteiger partial charge in [-0.1, -0.05) is 29.3 Å². The highest BCUT2D eigenvalue weighted by Gasteiger charge is 2.30. The number of hydrogen-bond acceptors (Lipinski definition) is 5. The fourth-order valence-corrected chi connectivity index (χ4v) is 5.00. The van der Waals surface area contributed by atoms with E-state index in [1.807, 2.05) is 40.6 Å². The van der Waals surface area contributed by atoms with Crippen molar-refractivity contribution >= 4 is 40.4 Å². The molecular formula is C23H22Cl2N2O3S. The summed E-state index contributed by atoms with van der Waals surface area (Å²) in [4.78, 5) is 19.7. The number of halogens is 2. The fourth-order valence-electron chi connectivity index (χ4n) is 3.88. The van der Waals surface area contributed by atoms with Crippen LogP contribution in [0.2, 0.25) is 10.0 Å². The van der Waals surface area contributed by atoms with Crippen LogP contribution in [0.4, 0.5) is 0 Å². The Morgan fingerprint density at radius 1 is 1.13 bits per heavy atom. The third-order valence-corrected chi connectivity index (χ3v) is 7.10. The van der Waals surface area contributed by atoms with Crippen LogP contribution in [0.1, 0.15) is 30.1 Å². The Hall–Kier alpha value is -2.28. The number of ether oxygens (including phenoxy) is 2. The molecule has 5 nitrogen and oxygen atoms in total. The predicted molar refractivity (Wildman–Crippen MR) is 125 cm³/mol. The van der Waals surface area contributed by atoms with Gasteiger partial charge in [-0.15, -0.1) is 11.3 Å². The van der Waals surface area contributed by atoms with E-state index in [9.17, 15) is 4.79 Å². The first-order valence-corrected chi connectivity index (χ1v) is 11.5. The molecule has 1 atom stereocenters. The molecule has 0 aliphatic carbocycles. The van der Waals surface area contributed by atoms with Crippen molar-refractivity contribution in [3.05, 3.63) is 63.1 Å². The van der Waals surface area contributed by atoms with Gasteiger partial charge >= 0.3 is 0 Å². The molecule has 0 radical (unpaired) electrons. The van der Waals surface area contributed by atoms with Crippen LogP contribution >= 0.6 is 34.5 Å². The molecule has 2 aromatic carbocycles. The molecule has 1 amide bonds. The van der Waals surface area contributed by atoms with Crippen molar-refractivity contribution in [2.24, 2.45) is 0 Å². The van der Waals surface area contributed by atoms with E-state index in [1.165, 1.54) is 11.3 Å². The van der Waals surface area contributed by atoms with Crippen molar-refractivity contribution in [2.45, 2.75) is 25.3 Å². The van der Waals surface area contributed by atoms with Crippen LogP contribution < -0.4 is 9.47 Å². The minimum atomic E-state index is 0.0197. The van der Waals surface area contributed by atoms with Gasteiger partial charge in [0.2, 0.25) is 5.91 Å². The summed E-state index contributed by atoms with van der Waals surface area (Å²) in [6.07, 6.45) is 2.14. The van der Waals surface area contributed by atoms with Crippen LogP contribution in [0.5, 0.6) is 11.5 Å². The van der Waals surface area contributed by atoms with E-state index in [0.717, 1.165) is 41.2 Å². The summed E-state index contributed by atoms with van der Waals surface area (Å²) in [7, 11) is 3.21. The summed E-state index contributed by atoms with van der Waals surface area (Å²) in [5, 5.41) is 3.81. The normalized spacial score (nSPS) is 15.9. The molecule has 1 saturated heterocycles. The number of methoxy groups -OCH3 is 2. The van der Waals surface area contributed by atoms with Gasteiger partial charge in [0.1, 0.15) is 5.01 Å². The van der Waals surface area contributed by atoms with Gasteiger partial charge < -0.3 is 14.4 Å². The number of carbonyl (C=O) groups is 1. The molecule has 0 saturated carbocycles. The third-order valence-electron chi connectivity index (χ3n) is 5.42. The van der Waals surface area contributed by atoms with E-state index < -0.39 is 0 Å². The van der Waals surface area contributed by atoms with Gasteiger partial charge in [0, 0.05) is 17.5 Å². The molecule has 0 bridgehead atoms. The number of nitrogens with zero attached hydrogens (tertiary/aromatic N) is 2. The van der Waals surface area contributed by atoms with Gasteiger partial charge in [-0.2, -0.15) is 0 Å². The molecule has 4 rings (SSSR count). The minimum Gasteiger partial charge on any atom is -0.493 e. The van der Waals surface area contributed by atoms with Crippen molar-refractivity contribution < 1.29 is 14.3 Å². The highest BCUT2D eigenvalue weighted by molar-refractivity contribution is 7.13. The fraction of sp³-hybridized carbons (Fsp3) is 0.304. The molecule has 1 aliphatic rings. The molecule has 31 heavy (non-hydrogen) atoms. The van der Waals surface area contributed by atoms with E-state index in [-0.39, 0.29) is 18.4 Å². The quantitative estimate of drug-likeness (QED) is 0.434. The lowest BCUT2D eigenvalue weighted by atomic mass is 10.0. The first kappa shape index (κ1) is 21.9. The molecule has 1 aliphatic heterocycles. The number of hydrogen-bond donors (Lipinski definition) is 0. The Labute approximate surface area is 195 Å². The maximum absolute atomic E-state index is 13.1. The van der Waals surface area contributed by atoms with Crippen LogP contribution in [0, 0.1) is 0 Å². The number of rotatable bonds is 6. The van der Waals surface area contributed by atoms with Crippen LogP contribution in [0.25, 0.3) is 10.6 Å². The Balaban J connectivity index is 1.49. The van der Waals surface area contributed by atoms with Crippen LogP contribution in [0.15, 0.2) is 41.8 Å². The Morgan fingerprint density at radius 2 is 1.94 bits per heavy atom. The van der Waals surface area contributed by atoms with Gasteiger partial charge in [0.05, 0.1) is 42.4 Å². The summed E-state index contributed by atoms with van der Waals surface area (Å²) in [6.45, 7) is 0.733. The molecular weight excluding hydrogens is 455 g/mol.